The second-order valence-electron chi connectivity index (χ2n) is 9.64. The van der Waals surface area contributed by atoms with E-state index in [0.717, 1.165) is 49.0 Å². The highest BCUT2D eigenvalue weighted by molar-refractivity contribution is 5.87. The van der Waals surface area contributed by atoms with Crippen LogP contribution in [0.2, 0.25) is 0 Å². The Balaban J connectivity index is 1.30. The maximum Gasteiger partial charge on any atom is 0.226 e. The van der Waals surface area contributed by atoms with Crippen LogP contribution in [0.5, 0.6) is 0 Å². The number of fused-ring (bicyclic) bond motifs is 5. The lowest BCUT2D eigenvalue weighted by Gasteiger charge is -2.48. The number of Topliss-reactive ketones (excluding diaryl/α,β-unsaturated/α-hetero) is 1. The standard InChI is InChI=1S/C27H27NO2/c1-27-14-13-21-20-9-8-19(26-28-16-24(30-26)17-5-3-2-4-6-17)15-18(20)7-10-22(21)23(27)11-12-25(27)29/h2-6,8-9,15-16,21-23H,7,10-14H2,1H3/t21-,22-,23+,27+/m1/s1. The van der Waals surface area contributed by atoms with Gasteiger partial charge in [-0.2, -0.15) is 0 Å². The molecule has 3 aliphatic carbocycles. The molecule has 2 fully saturated rings. The highest BCUT2D eigenvalue weighted by Gasteiger charge is 2.54. The van der Waals surface area contributed by atoms with Gasteiger partial charge in [-0.3, -0.25) is 4.79 Å². The smallest absolute Gasteiger partial charge is 0.226 e. The van der Waals surface area contributed by atoms with E-state index in [2.05, 4.69) is 30.1 Å². The minimum absolute atomic E-state index is 0.0511. The number of benzene rings is 2. The average Bonchev–Trinajstić information content (AvgIpc) is 3.39. The largest absolute Gasteiger partial charge is 0.436 e. The second kappa shape index (κ2) is 6.66. The Labute approximate surface area is 177 Å². The van der Waals surface area contributed by atoms with Gasteiger partial charge in [-0.1, -0.05) is 43.3 Å². The highest BCUT2D eigenvalue weighted by Crippen LogP contribution is 2.59. The molecule has 0 unspecified atom stereocenters. The van der Waals surface area contributed by atoms with Crippen LogP contribution in [0.3, 0.4) is 0 Å². The van der Waals surface area contributed by atoms with Crippen molar-refractivity contribution in [3.63, 3.8) is 0 Å². The molecule has 4 atom stereocenters. The van der Waals surface area contributed by atoms with Crippen molar-refractivity contribution in [2.75, 3.05) is 0 Å². The molecule has 0 bridgehead atoms. The van der Waals surface area contributed by atoms with Gasteiger partial charge in [0.2, 0.25) is 5.89 Å². The molecular formula is C27H27NO2. The van der Waals surface area contributed by atoms with Gasteiger partial charge in [0, 0.05) is 23.0 Å². The lowest BCUT2D eigenvalue weighted by molar-refractivity contribution is -0.129. The van der Waals surface area contributed by atoms with Crippen molar-refractivity contribution in [2.24, 2.45) is 17.3 Å². The molecule has 0 N–H and O–H groups in total. The van der Waals surface area contributed by atoms with E-state index in [1.54, 1.807) is 0 Å². The highest BCUT2D eigenvalue weighted by atomic mass is 16.4. The number of hydrogen-bond donors (Lipinski definition) is 0. The summed E-state index contributed by atoms with van der Waals surface area (Å²) < 4.78 is 6.09. The first-order chi connectivity index (χ1) is 14.6. The van der Waals surface area contributed by atoms with E-state index < -0.39 is 0 Å². The number of carbonyl (C=O) groups is 1. The van der Waals surface area contributed by atoms with Crippen molar-refractivity contribution in [1.29, 1.82) is 0 Å². The zero-order valence-electron chi connectivity index (χ0n) is 17.4. The first-order valence-corrected chi connectivity index (χ1v) is 11.3. The molecule has 6 rings (SSSR count). The molecule has 152 valence electrons. The number of carbonyl (C=O) groups excluding carboxylic acids is 1. The fourth-order valence-corrected chi connectivity index (χ4v) is 6.63. The molecule has 3 aliphatic rings. The lowest BCUT2D eigenvalue weighted by Crippen LogP contribution is -2.42. The molecule has 0 aliphatic heterocycles. The van der Waals surface area contributed by atoms with Crippen molar-refractivity contribution in [3.8, 4) is 22.8 Å². The van der Waals surface area contributed by atoms with Gasteiger partial charge in [0.05, 0.1) is 6.20 Å². The number of hydrogen-bond acceptors (Lipinski definition) is 3. The third kappa shape index (κ3) is 2.64. The summed E-state index contributed by atoms with van der Waals surface area (Å²) in [4.78, 5) is 17.1. The molecule has 0 radical (unpaired) electrons. The number of oxazole rings is 1. The van der Waals surface area contributed by atoms with E-state index in [0.29, 0.717) is 29.4 Å². The Kier molecular flexibility index (Phi) is 4.02. The number of ketones is 1. The fourth-order valence-electron chi connectivity index (χ4n) is 6.63. The van der Waals surface area contributed by atoms with Gasteiger partial charge in [0.25, 0.3) is 0 Å². The van der Waals surface area contributed by atoms with Crippen molar-refractivity contribution in [3.05, 3.63) is 65.9 Å². The summed E-state index contributed by atoms with van der Waals surface area (Å²) in [6.07, 6.45) is 8.21. The molecule has 1 heterocycles. The predicted octanol–water partition coefficient (Wildman–Crippen LogP) is 6.43. The Bertz CT molecular complexity index is 1110. The van der Waals surface area contributed by atoms with Crippen LogP contribution >= 0.6 is 0 Å². The molecule has 0 amide bonds. The van der Waals surface area contributed by atoms with E-state index in [1.807, 2.05) is 36.5 Å². The summed E-state index contributed by atoms with van der Waals surface area (Å²) in [6, 6.07) is 16.9. The van der Waals surface area contributed by atoms with Crippen molar-refractivity contribution in [1.82, 2.24) is 4.98 Å². The minimum atomic E-state index is -0.0511. The van der Waals surface area contributed by atoms with Gasteiger partial charge in [-0.25, -0.2) is 4.98 Å². The second-order valence-corrected chi connectivity index (χ2v) is 9.64. The SMILES string of the molecule is C[C@]12CC[C@@H]3c4ccc(-c5ncc(-c6ccccc6)o5)cc4CC[C@H]3[C@@H]1CCC2=O. The average molecular weight is 398 g/mol. The zero-order chi connectivity index (χ0) is 20.3. The van der Waals surface area contributed by atoms with Crippen LogP contribution in [0.4, 0.5) is 0 Å². The lowest BCUT2D eigenvalue weighted by atomic mass is 9.55. The van der Waals surface area contributed by atoms with Gasteiger partial charge >= 0.3 is 0 Å². The first-order valence-electron chi connectivity index (χ1n) is 11.3. The third-order valence-corrected chi connectivity index (χ3v) is 8.25. The molecule has 3 aromatic rings. The van der Waals surface area contributed by atoms with Crippen LogP contribution < -0.4 is 0 Å². The van der Waals surface area contributed by atoms with Crippen LogP contribution in [0.25, 0.3) is 22.8 Å². The first kappa shape index (κ1) is 18.1. The van der Waals surface area contributed by atoms with Crippen LogP contribution in [-0.2, 0) is 11.2 Å². The van der Waals surface area contributed by atoms with Gasteiger partial charge in [0.15, 0.2) is 5.76 Å². The van der Waals surface area contributed by atoms with E-state index in [9.17, 15) is 4.79 Å². The molecule has 3 nitrogen and oxygen atoms in total. The summed E-state index contributed by atoms with van der Waals surface area (Å²) in [5.41, 5.74) is 5.01. The molecule has 1 aromatic heterocycles. The van der Waals surface area contributed by atoms with Gasteiger partial charge in [-0.05, 0) is 73.1 Å². The van der Waals surface area contributed by atoms with Crippen LogP contribution in [0, 0.1) is 17.3 Å². The molecule has 2 saturated carbocycles. The normalized spacial score (nSPS) is 29.9. The number of rotatable bonds is 2. The molecule has 30 heavy (non-hydrogen) atoms. The Hall–Kier alpha value is -2.68. The quantitative estimate of drug-likeness (QED) is 0.500. The summed E-state index contributed by atoms with van der Waals surface area (Å²) in [5.74, 6) is 3.87. The third-order valence-electron chi connectivity index (χ3n) is 8.25. The fraction of sp³-hybridized carbons (Fsp3) is 0.407. The van der Waals surface area contributed by atoms with Crippen molar-refractivity contribution < 1.29 is 9.21 Å². The Morgan fingerprint density at radius 2 is 1.87 bits per heavy atom. The molecule has 3 heteroatoms. The van der Waals surface area contributed by atoms with E-state index in [1.165, 1.54) is 17.5 Å². The molecule has 0 saturated heterocycles. The Morgan fingerprint density at radius 3 is 2.73 bits per heavy atom. The zero-order valence-corrected chi connectivity index (χ0v) is 17.4. The van der Waals surface area contributed by atoms with E-state index in [-0.39, 0.29) is 5.41 Å². The van der Waals surface area contributed by atoms with Crippen LogP contribution in [0.1, 0.15) is 56.1 Å². The molecule has 2 aromatic carbocycles. The topological polar surface area (TPSA) is 43.1 Å². The Morgan fingerprint density at radius 1 is 1.00 bits per heavy atom. The van der Waals surface area contributed by atoms with E-state index in [4.69, 9.17) is 4.42 Å². The maximum absolute atomic E-state index is 12.5. The van der Waals surface area contributed by atoms with Crippen LogP contribution in [0.15, 0.2) is 59.1 Å². The molecular weight excluding hydrogens is 370 g/mol. The van der Waals surface area contributed by atoms with Gasteiger partial charge in [-0.15, -0.1) is 0 Å². The molecule has 0 spiro atoms. The van der Waals surface area contributed by atoms with Gasteiger partial charge < -0.3 is 4.42 Å². The van der Waals surface area contributed by atoms with Gasteiger partial charge in [0.1, 0.15) is 5.78 Å². The number of aryl methyl sites for hydroxylation is 1. The monoisotopic (exact) mass is 397 g/mol. The summed E-state index contributed by atoms with van der Waals surface area (Å²) in [6.45, 7) is 2.24. The maximum atomic E-state index is 12.5. The minimum Gasteiger partial charge on any atom is -0.436 e. The van der Waals surface area contributed by atoms with Crippen molar-refractivity contribution in [2.45, 2.75) is 51.4 Å². The number of aromatic nitrogens is 1. The van der Waals surface area contributed by atoms with Crippen LogP contribution in [-0.4, -0.2) is 10.8 Å². The summed E-state index contributed by atoms with van der Waals surface area (Å²) in [5, 5.41) is 0. The summed E-state index contributed by atoms with van der Waals surface area (Å²) in [7, 11) is 0. The van der Waals surface area contributed by atoms with Crippen molar-refractivity contribution >= 4 is 5.78 Å². The predicted molar refractivity (Wildman–Crippen MR) is 117 cm³/mol. The van der Waals surface area contributed by atoms with E-state index >= 15 is 0 Å². The summed E-state index contributed by atoms with van der Waals surface area (Å²) >= 11 is 0. The number of nitrogens with zero attached hydrogens (tertiary/aromatic N) is 1.